The molecule has 1 aromatic carbocycles. The zero-order chi connectivity index (χ0) is 18.8. The van der Waals surface area contributed by atoms with Gasteiger partial charge in [0.25, 0.3) is 0 Å². The standard InChI is InChI=1S/C21H25NO5/c1-25-20-16(21(23)24)11-14-8-9-15(13-5-4-6-13)17(19(14)22-20)12-27-18-7-2-3-10-26-18/h8-9,11,13,18H,2-7,10,12H2,1H3,(H,23,24). The van der Waals surface area contributed by atoms with E-state index in [1.807, 2.05) is 6.07 Å². The minimum Gasteiger partial charge on any atom is -0.480 e. The molecule has 0 spiro atoms. The minimum atomic E-state index is -1.04. The Balaban J connectivity index is 1.74. The van der Waals surface area contributed by atoms with Gasteiger partial charge in [-0.05, 0) is 49.7 Å². The summed E-state index contributed by atoms with van der Waals surface area (Å²) in [6, 6.07) is 5.70. The van der Waals surface area contributed by atoms with Crippen LogP contribution in [0.3, 0.4) is 0 Å². The molecule has 0 bridgehead atoms. The Labute approximate surface area is 158 Å². The van der Waals surface area contributed by atoms with Crippen LogP contribution < -0.4 is 4.74 Å². The third-order valence-electron chi connectivity index (χ3n) is 5.61. The van der Waals surface area contributed by atoms with Gasteiger partial charge in [0.15, 0.2) is 6.29 Å². The zero-order valence-electron chi connectivity index (χ0n) is 15.6. The maximum atomic E-state index is 11.5. The van der Waals surface area contributed by atoms with Gasteiger partial charge in [-0.2, -0.15) is 0 Å². The number of benzene rings is 1. The summed E-state index contributed by atoms with van der Waals surface area (Å²) in [7, 11) is 1.45. The lowest BCUT2D eigenvalue weighted by Gasteiger charge is -2.29. The van der Waals surface area contributed by atoms with Gasteiger partial charge < -0.3 is 19.3 Å². The highest BCUT2D eigenvalue weighted by atomic mass is 16.7. The van der Waals surface area contributed by atoms with Gasteiger partial charge in [0, 0.05) is 17.6 Å². The van der Waals surface area contributed by atoms with E-state index in [4.69, 9.17) is 14.2 Å². The number of methoxy groups -OCH3 is 1. The van der Waals surface area contributed by atoms with Crippen molar-refractivity contribution in [1.29, 1.82) is 0 Å². The van der Waals surface area contributed by atoms with Crippen molar-refractivity contribution >= 4 is 16.9 Å². The van der Waals surface area contributed by atoms with Crippen LogP contribution in [0.2, 0.25) is 0 Å². The highest BCUT2D eigenvalue weighted by molar-refractivity contribution is 5.96. The first-order chi connectivity index (χ1) is 13.2. The van der Waals surface area contributed by atoms with E-state index >= 15 is 0 Å². The molecule has 6 nitrogen and oxygen atoms in total. The largest absolute Gasteiger partial charge is 0.480 e. The number of nitrogens with zero attached hydrogens (tertiary/aromatic N) is 1. The van der Waals surface area contributed by atoms with Crippen molar-refractivity contribution in [3.8, 4) is 5.88 Å². The smallest absolute Gasteiger partial charge is 0.341 e. The summed E-state index contributed by atoms with van der Waals surface area (Å²) in [5.74, 6) is -0.388. The van der Waals surface area contributed by atoms with Gasteiger partial charge in [-0.15, -0.1) is 0 Å². The fourth-order valence-electron chi connectivity index (χ4n) is 3.88. The second-order valence-electron chi connectivity index (χ2n) is 7.29. The van der Waals surface area contributed by atoms with E-state index in [-0.39, 0.29) is 17.7 Å². The maximum absolute atomic E-state index is 11.5. The lowest BCUT2D eigenvalue weighted by molar-refractivity contribution is -0.168. The first-order valence-corrected chi connectivity index (χ1v) is 9.64. The summed E-state index contributed by atoms with van der Waals surface area (Å²) < 4.78 is 17.0. The highest BCUT2D eigenvalue weighted by Crippen LogP contribution is 2.40. The number of carboxylic acids is 1. The second kappa shape index (κ2) is 7.82. The van der Waals surface area contributed by atoms with Gasteiger partial charge in [-0.25, -0.2) is 9.78 Å². The topological polar surface area (TPSA) is 77.9 Å². The summed E-state index contributed by atoms with van der Waals surface area (Å²) in [5.41, 5.74) is 3.12. The van der Waals surface area contributed by atoms with Crippen LogP contribution in [-0.4, -0.2) is 36.1 Å². The number of aromatic nitrogens is 1. The van der Waals surface area contributed by atoms with Crippen LogP contribution in [0.15, 0.2) is 18.2 Å². The molecule has 0 radical (unpaired) electrons. The highest BCUT2D eigenvalue weighted by Gasteiger charge is 2.26. The molecule has 1 aliphatic heterocycles. The lowest BCUT2D eigenvalue weighted by atomic mass is 9.78. The first-order valence-electron chi connectivity index (χ1n) is 9.64. The average molecular weight is 371 g/mol. The zero-order valence-corrected chi connectivity index (χ0v) is 15.6. The van der Waals surface area contributed by atoms with Crippen LogP contribution in [0, 0.1) is 0 Å². The van der Waals surface area contributed by atoms with Crippen molar-refractivity contribution < 1.29 is 24.1 Å². The Morgan fingerprint density at radius 3 is 2.74 bits per heavy atom. The van der Waals surface area contributed by atoms with E-state index < -0.39 is 5.97 Å². The molecule has 1 aliphatic carbocycles. The number of ether oxygens (including phenoxy) is 3. The monoisotopic (exact) mass is 371 g/mol. The normalized spacial score (nSPS) is 20.4. The Morgan fingerprint density at radius 2 is 2.11 bits per heavy atom. The fourth-order valence-corrected chi connectivity index (χ4v) is 3.88. The van der Waals surface area contributed by atoms with Gasteiger partial charge in [0.1, 0.15) is 5.56 Å². The molecule has 4 rings (SSSR count). The summed E-state index contributed by atoms with van der Waals surface area (Å²) in [6.07, 6.45) is 6.50. The van der Waals surface area contributed by atoms with Gasteiger partial charge in [0.2, 0.25) is 5.88 Å². The van der Waals surface area contributed by atoms with Crippen LogP contribution >= 0.6 is 0 Å². The number of pyridine rings is 1. The van der Waals surface area contributed by atoms with Crippen molar-refractivity contribution in [3.05, 3.63) is 34.9 Å². The van der Waals surface area contributed by atoms with Crippen LogP contribution in [-0.2, 0) is 16.1 Å². The van der Waals surface area contributed by atoms with E-state index in [1.165, 1.54) is 31.9 Å². The molecule has 1 saturated carbocycles. The van der Waals surface area contributed by atoms with Gasteiger partial charge in [0.05, 0.1) is 19.2 Å². The molecule has 1 unspecified atom stereocenters. The van der Waals surface area contributed by atoms with Crippen LogP contribution in [0.5, 0.6) is 5.88 Å². The first kappa shape index (κ1) is 18.2. The molecule has 1 aromatic heterocycles. The Bertz CT molecular complexity index is 840. The summed E-state index contributed by atoms with van der Waals surface area (Å²) in [4.78, 5) is 16.1. The molecule has 2 aromatic rings. The molecule has 27 heavy (non-hydrogen) atoms. The number of fused-ring (bicyclic) bond motifs is 1. The van der Waals surface area contributed by atoms with E-state index in [9.17, 15) is 9.90 Å². The molecule has 0 amide bonds. The molecular weight excluding hydrogens is 346 g/mol. The third kappa shape index (κ3) is 3.64. The second-order valence-corrected chi connectivity index (χ2v) is 7.29. The summed E-state index contributed by atoms with van der Waals surface area (Å²) in [6.45, 7) is 1.15. The van der Waals surface area contributed by atoms with Crippen molar-refractivity contribution in [1.82, 2.24) is 4.98 Å². The quantitative estimate of drug-likeness (QED) is 0.818. The molecule has 1 saturated heterocycles. The van der Waals surface area contributed by atoms with Gasteiger partial charge in [-0.1, -0.05) is 18.6 Å². The number of aromatic carboxylic acids is 1. The minimum absolute atomic E-state index is 0.0730. The van der Waals surface area contributed by atoms with Crippen molar-refractivity contribution in [2.75, 3.05) is 13.7 Å². The Kier molecular flexibility index (Phi) is 5.27. The predicted molar refractivity (Wildman–Crippen MR) is 100 cm³/mol. The van der Waals surface area contributed by atoms with Gasteiger partial charge >= 0.3 is 5.97 Å². The van der Waals surface area contributed by atoms with E-state index in [0.717, 1.165) is 42.3 Å². The fraction of sp³-hybridized carbons (Fsp3) is 0.524. The molecule has 2 fully saturated rings. The molecule has 2 aliphatic rings. The SMILES string of the molecule is COc1nc2c(COC3CCCCO3)c(C3CCC3)ccc2cc1C(=O)O. The number of carbonyl (C=O) groups is 1. The number of rotatable bonds is 6. The average Bonchev–Trinajstić information content (AvgIpc) is 2.65. The predicted octanol–water partition coefficient (Wildman–Crippen LogP) is 4.25. The molecule has 144 valence electrons. The summed E-state index contributed by atoms with van der Waals surface area (Å²) >= 11 is 0. The van der Waals surface area contributed by atoms with Crippen LogP contribution in [0.1, 0.15) is 65.9 Å². The maximum Gasteiger partial charge on any atom is 0.341 e. The molecular formula is C21H25NO5. The number of hydrogen-bond donors (Lipinski definition) is 1. The van der Waals surface area contributed by atoms with Crippen molar-refractivity contribution in [2.24, 2.45) is 0 Å². The molecule has 2 heterocycles. The summed E-state index contributed by atoms with van der Waals surface area (Å²) in [5, 5.41) is 10.2. The van der Waals surface area contributed by atoms with E-state index in [0.29, 0.717) is 12.5 Å². The van der Waals surface area contributed by atoms with Gasteiger partial charge in [-0.3, -0.25) is 0 Å². The van der Waals surface area contributed by atoms with Crippen LogP contribution in [0.25, 0.3) is 10.9 Å². The Morgan fingerprint density at radius 1 is 1.26 bits per heavy atom. The number of hydrogen-bond acceptors (Lipinski definition) is 5. The van der Waals surface area contributed by atoms with Crippen molar-refractivity contribution in [3.63, 3.8) is 0 Å². The van der Waals surface area contributed by atoms with E-state index in [1.54, 1.807) is 6.07 Å². The lowest BCUT2D eigenvalue weighted by Crippen LogP contribution is -2.23. The molecule has 1 atom stereocenters. The van der Waals surface area contributed by atoms with Crippen LogP contribution in [0.4, 0.5) is 0 Å². The Hall–Kier alpha value is -2.18. The molecule has 1 N–H and O–H groups in total. The van der Waals surface area contributed by atoms with Crippen molar-refractivity contribution in [2.45, 2.75) is 57.3 Å². The van der Waals surface area contributed by atoms with E-state index in [2.05, 4.69) is 11.1 Å². The number of carboxylic acid groups (broad SMARTS) is 1. The molecule has 6 heteroatoms. The third-order valence-corrected chi connectivity index (χ3v) is 5.61.